The van der Waals surface area contributed by atoms with Gasteiger partial charge in [0.25, 0.3) is 5.69 Å². The van der Waals surface area contributed by atoms with Crippen molar-refractivity contribution in [1.29, 1.82) is 0 Å². The molecule has 0 saturated carbocycles. The smallest absolute Gasteiger partial charge is 0.363 e. The Morgan fingerprint density at radius 1 is 0.931 bits per heavy atom. The van der Waals surface area contributed by atoms with Gasteiger partial charge in [-0.2, -0.15) is 0 Å². The zero-order valence-electron chi connectivity index (χ0n) is 14.9. The van der Waals surface area contributed by atoms with Crippen molar-refractivity contribution in [3.05, 3.63) is 105 Å². The van der Waals surface area contributed by atoms with Gasteiger partial charge >= 0.3 is 5.97 Å². The molecule has 0 bridgehead atoms. The number of benzene rings is 3. The quantitative estimate of drug-likeness (QED) is 0.257. The van der Waals surface area contributed by atoms with Crippen LogP contribution in [0.25, 0.3) is 17.2 Å². The molecule has 1 aliphatic heterocycles. The molecule has 142 valence electrons. The number of esters is 1. The van der Waals surface area contributed by atoms with Crippen molar-refractivity contribution in [3.8, 4) is 11.1 Å². The van der Waals surface area contributed by atoms with E-state index in [1.807, 2.05) is 54.6 Å². The van der Waals surface area contributed by atoms with E-state index in [-0.39, 0.29) is 22.3 Å². The van der Waals surface area contributed by atoms with E-state index in [4.69, 9.17) is 16.3 Å². The Morgan fingerprint density at radius 2 is 1.59 bits per heavy atom. The largest absolute Gasteiger partial charge is 0.402 e. The van der Waals surface area contributed by atoms with Gasteiger partial charge < -0.3 is 4.74 Å². The first-order chi connectivity index (χ1) is 14.0. The Kier molecular flexibility index (Phi) is 4.93. The van der Waals surface area contributed by atoms with Crippen LogP contribution < -0.4 is 0 Å². The third kappa shape index (κ3) is 3.93. The van der Waals surface area contributed by atoms with Gasteiger partial charge in [0.1, 0.15) is 5.02 Å². The number of nitro groups is 1. The van der Waals surface area contributed by atoms with E-state index in [0.717, 1.165) is 11.1 Å². The maximum atomic E-state index is 12.2. The van der Waals surface area contributed by atoms with E-state index in [0.29, 0.717) is 11.1 Å². The van der Waals surface area contributed by atoms with Gasteiger partial charge in [0.15, 0.2) is 5.70 Å². The van der Waals surface area contributed by atoms with Crippen LogP contribution in [0.2, 0.25) is 5.02 Å². The molecular formula is C22H13ClN2O4. The van der Waals surface area contributed by atoms with Crippen LogP contribution in [0.3, 0.4) is 0 Å². The SMILES string of the molecule is O=C1OC(c2ccc(-c3ccccc3)cc2)=N/C1=C\c1ccc(Cl)c([N+](=O)[O-])c1. The van der Waals surface area contributed by atoms with Crippen LogP contribution in [0.4, 0.5) is 5.69 Å². The van der Waals surface area contributed by atoms with Crippen LogP contribution in [0.1, 0.15) is 11.1 Å². The molecule has 4 rings (SSSR count). The average molecular weight is 405 g/mol. The second-order valence-electron chi connectivity index (χ2n) is 6.25. The standard InChI is InChI=1S/C22H13ClN2O4/c23-18-11-6-14(13-20(18)25(27)28)12-19-22(26)29-21(24-19)17-9-7-16(8-10-17)15-4-2-1-3-5-15/h1-13H/b19-12-. The molecule has 7 heteroatoms. The van der Waals surface area contributed by atoms with Crippen LogP contribution in [-0.2, 0) is 9.53 Å². The van der Waals surface area contributed by atoms with Crippen LogP contribution >= 0.6 is 11.6 Å². The lowest BCUT2D eigenvalue weighted by atomic mass is 10.0. The molecule has 3 aromatic carbocycles. The summed E-state index contributed by atoms with van der Waals surface area (Å²) >= 11 is 5.82. The second-order valence-corrected chi connectivity index (χ2v) is 6.65. The number of rotatable bonds is 4. The molecule has 1 aliphatic rings. The fourth-order valence-corrected chi connectivity index (χ4v) is 3.07. The van der Waals surface area contributed by atoms with E-state index in [9.17, 15) is 14.9 Å². The average Bonchev–Trinajstić information content (AvgIpc) is 3.10. The lowest BCUT2D eigenvalue weighted by Gasteiger charge is -2.03. The first-order valence-corrected chi connectivity index (χ1v) is 9.01. The topological polar surface area (TPSA) is 81.8 Å². The van der Waals surface area contributed by atoms with Crippen molar-refractivity contribution in [2.45, 2.75) is 0 Å². The number of halogens is 1. The fourth-order valence-electron chi connectivity index (χ4n) is 2.89. The number of carbonyl (C=O) groups excluding carboxylic acids is 1. The van der Waals surface area contributed by atoms with Gasteiger partial charge in [-0.15, -0.1) is 0 Å². The molecule has 0 fully saturated rings. The number of aliphatic imine (C=N–C) groups is 1. The molecule has 0 saturated heterocycles. The fraction of sp³-hybridized carbons (Fsp3) is 0. The van der Waals surface area contributed by atoms with E-state index in [1.165, 1.54) is 18.2 Å². The predicted molar refractivity (Wildman–Crippen MR) is 111 cm³/mol. The normalized spacial score (nSPS) is 14.6. The highest BCUT2D eigenvalue weighted by atomic mass is 35.5. The molecule has 0 radical (unpaired) electrons. The summed E-state index contributed by atoms with van der Waals surface area (Å²) in [7, 11) is 0. The van der Waals surface area contributed by atoms with Gasteiger partial charge in [0.05, 0.1) is 4.92 Å². The summed E-state index contributed by atoms with van der Waals surface area (Å²) in [6.45, 7) is 0. The molecule has 1 heterocycles. The van der Waals surface area contributed by atoms with Crippen LogP contribution in [0.15, 0.2) is 83.5 Å². The Hall–Kier alpha value is -3.77. The number of cyclic esters (lactones) is 1. The molecule has 0 spiro atoms. The highest BCUT2D eigenvalue weighted by Crippen LogP contribution is 2.27. The molecule has 6 nitrogen and oxygen atoms in total. The van der Waals surface area contributed by atoms with Gasteiger partial charge in [-0.3, -0.25) is 10.1 Å². The van der Waals surface area contributed by atoms with Gasteiger partial charge in [-0.1, -0.05) is 60.1 Å². The van der Waals surface area contributed by atoms with E-state index in [2.05, 4.69) is 4.99 Å². The number of carbonyl (C=O) groups is 1. The maximum absolute atomic E-state index is 12.2. The maximum Gasteiger partial charge on any atom is 0.363 e. The van der Waals surface area contributed by atoms with Crippen molar-refractivity contribution in [1.82, 2.24) is 0 Å². The van der Waals surface area contributed by atoms with E-state index in [1.54, 1.807) is 6.07 Å². The first-order valence-electron chi connectivity index (χ1n) is 8.63. The molecule has 0 unspecified atom stereocenters. The van der Waals surface area contributed by atoms with Crippen molar-refractivity contribution in [2.75, 3.05) is 0 Å². The zero-order chi connectivity index (χ0) is 20.4. The number of nitro benzene ring substituents is 1. The molecule has 0 N–H and O–H groups in total. The Morgan fingerprint density at radius 3 is 2.28 bits per heavy atom. The lowest BCUT2D eigenvalue weighted by molar-refractivity contribution is -0.384. The van der Waals surface area contributed by atoms with Crippen LogP contribution in [0, 0.1) is 10.1 Å². The summed E-state index contributed by atoms with van der Waals surface area (Å²) in [6.07, 6.45) is 1.43. The summed E-state index contributed by atoms with van der Waals surface area (Å²) in [5.74, 6) is -0.436. The summed E-state index contributed by atoms with van der Waals surface area (Å²) < 4.78 is 5.26. The second kappa shape index (κ2) is 7.69. The third-order valence-corrected chi connectivity index (χ3v) is 4.65. The highest BCUT2D eigenvalue weighted by Gasteiger charge is 2.24. The summed E-state index contributed by atoms with van der Waals surface area (Å²) in [5.41, 5.74) is 3.01. The van der Waals surface area contributed by atoms with E-state index < -0.39 is 10.9 Å². The first kappa shape index (κ1) is 18.6. The Balaban J connectivity index is 1.62. The third-order valence-electron chi connectivity index (χ3n) is 4.33. The van der Waals surface area contributed by atoms with Gasteiger partial charge in [-0.05, 0) is 41.0 Å². The van der Waals surface area contributed by atoms with Crippen molar-refractivity contribution < 1.29 is 14.5 Å². The van der Waals surface area contributed by atoms with Crippen molar-refractivity contribution >= 4 is 35.2 Å². The van der Waals surface area contributed by atoms with Gasteiger partial charge in [-0.25, -0.2) is 9.79 Å². The van der Waals surface area contributed by atoms with Crippen LogP contribution in [0.5, 0.6) is 0 Å². The van der Waals surface area contributed by atoms with Crippen molar-refractivity contribution in [3.63, 3.8) is 0 Å². The predicted octanol–water partition coefficient (Wildman–Crippen LogP) is 5.26. The monoisotopic (exact) mass is 404 g/mol. The van der Waals surface area contributed by atoms with Crippen molar-refractivity contribution in [2.24, 2.45) is 4.99 Å². The minimum atomic E-state index is -0.621. The molecule has 29 heavy (non-hydrogen) atoms. The molecule has 0 amide bonds. The summed E-state index contributed by atoms with van der Waals surface area (Å²) in [5, 5.41) is 11.0. The number of hydrogen-bond donors (Lipinski definition) is 0. The number of ether oxygens (including phenoxy) is 1. The molecule has 0 aromatic heterocycles. The van der Waals surface area contributed by atoms with E-state index >= 15 is 0 Å². The number of nitrogens with zero attached hydrogens (tertiary/aromatic N) is 2. The molecule has 0 aliphatic carbocycles. The minimum Gasteiger partial charge on any atom is -0.402 e. The highest BCUT2D eigenvalue weighted by molar-refractivity contribution is 6.32. The van der Waals surface area contributed by atoms with Gasteiger partial charge in [0, 0.05) is 11.6 Å². The zero-order valence-corrected chi connectivity index (χ0v) is 15.7. The van der Waals surface area contributed by atoms with Gasteiger partial charge in [0.2, 0.25) is 5.90 Å². The lowest BCUT2D eigenvalue weighted by Crippen LogP contribution is -2.05. The Bertz CT molecular complexity index is 1170. The number of hydrogen-bond acceptors (Lipinski definition) is 5. The molecule has 0 atom stereocenters. The molecular weight excluding hydrogens is 392 g/mol. The minimum absolute atomic E-state index is 0.0221. The summed E-state index contributed by atoms with van der Waals surface area (Å²) in [6, 6.07) is 21.6. The molecule has 3 aromatic rings. The van der Waals surface area contributed by atoms with Crippen LogP contribution in [-0.4, -0.2) is 16.8 Å². The Labute approximate surface area is 170 Å². The summed E-state index contributed by atoms with van der Waals surface area (Å²) in [4.78, 5) is 26.8.